The molecule has 0 bridgehead atoms. The molecule has 18 heteroatoms. The van der Waals surface area contributed by atoms with Crippen LogP contribution in [0.2, 0.25) is 25.7 Å². The van der Waals surface area contributed by atoms with E-state index in [1.165, 1.54) is 29.8 Å². The van der Waals surface area contributed by atoms with Crippen LogP contribution in [0, 0.1) is 11.3 Å². The Balaban J connectivity index is 1.12. The number of anilines is 2. The van der Waals surface area contributed by atoms with E-state index in [0.29, 0.717) is 64.5 Å². The number of carbonyl (C=O) groups excluding carboxylic acids is 3. The van der Waals surface area contributed by atoms with Gasteiger partial charge in [-0.2, -0.15) is 15.4 Å². The molecule has 0 unspecified atom stereocenters. The molecule has 2 N–H and O–H groups in total. The number of nitriles is 1. The summed E-state index contributed by atoms with van der Waals surface area (Å²) in [7, 11) is 0.00985. The summed E-state index contributed by atoms with van der Waals surface area (Å²) < 4.78 is 26.7. The second kappa shape index (κ2) is 18.1. The number of carbonyl (C=O) groups is 3. The molecule has 3 aromatic heterocycles. The van der Waals surface area contributed by atoms with Crippen LogP contribution in [0.3, 0.4) is 0 Å². The minimum atomic E-state index is -1.28. The van der Waals surface area contributed by atoms with Crippen molar-refractivity contribution < 1.29 is 33.3 Å². The summed E-state index contributed by atoms with van der Waals surface area (Å²) in [6, 6.07) is 23.6. The van der Waals surface area contributed by atoms with E-state index < -0.39 is 25.7 Å². The molecule has 1 aliphatic rings. The molecule has 0 saturated carbocycles. The molecule has 0 fully saturated rings. The van der Waals surface area contributed by atoms with Crippen LogP contribution in [0.4, 0.5) is 15.7 Å². The van der Waals surface area contributed by atoms with Crippen molar-refractivity contribution in [2.45, 2.75) is 78.4 Å². The number of hydrogen-bond donors (Lipinski definition) is 1. The highest BCUT2D eigenvalue weighted by atomic mass is 32.1. The fourth-order valence-corrected chi connectivity index (χ4v) is 9.51. The molecule has 0 spiro atoms. The lowest BCUT2D eigenvalue weighted by Crippen LogP contribution is -2.31. The number of amides is 1. The topological polar surface area (TPSA) is 189 Å². The Morgan fingerprint density at radius 3 is 2.55 bits per heavy atom. The van der Waals surface area contributed by atoms with Crippen LogP contribution in [-0.4, -0.2) is 71.2 Å². The highest BCUT2D eigenvalue weighted by Crippen LogP contribution is 2.34. The predicted octanol–water partition coefficient (Wildman–Crippen LogP) is 8.24. The van der Waals surface area contributed by atoms with E-state index in [1.54, 1.807) is 51.1 Å². The van der Waals surface area contributed by atoms with Crippen LogP contribution in [-0.2, 0) is 40.5 Å². The van der Waals surface area contributed by atoms with Crippen LogP contribution < -0.4 is 20.2 Å². The minimum Gasteiger partial charge on any atom is -0.488 e. The highest BCUT2D eigenvalue weighted by Gasteiger charge is 2.29. The van der Waals surface area contributed by atoms with E-state index in [2.05, 4.69) is 29.7 Å². The van der Waals surface area contributed by atoms with Crippen LogP contribution in [0.15, 0.2) is 71.7 Å². The normalized spacial score (nSPS) is 13.2. The Morgan fingerprint density at radius 1 is 1.03 bits per heavy atom. The van der Waals surface area contributed by atoms with Gasteiger partial charge in [-0.05, 0) is 74.7 Å². The van der Waals surface area contributed by atoms with E-state index in [9.17, 15) is 19.6 Å². The largest absolute Gasteiger partial charge is 0.488 e. The van der Waals surface area contributed by atoms with Gasteiger partial charge in [-0.1, -0.05) is 78.7 Å². The lowest BCUT2D eigenvalue weighted by Gasteiger charge is -2.29. The average molecular weight is 893 g/mol. The summed E-state index contributed by atoms with van der Waals surface area (Å²) in [5, 5.41) is 14.8. The molecule has 322 valence electrons. The van der Waals surface area contributed by atoms with Gasteiger partial charge in [0.1, 0.15) is 42.0 Å². The first-order valence-electron chi connectivity index (χ1n) is 20.0. The number of aromatic nitrogens is 4. The van der Waals surface area contributed by atoms with Crippen molar-refractivity contribution in [3.05, 3.63) is 104 Å². The van der Waals surface area contributed by atoms with Gasteiger partial charge in [-0.15, -0.1) is 4.68 Å². The van der Waals surface area contributed by atoms with Crippen LogP contribution >= 0.6 is 22.7 Å². The highest BCUT2D eigenvalue weighted by molar-refractivity contribution is 7.16. The van der Waals surface area contributed by atoms with E-state index in [4.69, 9.17) is 29.7 Å². The first kappa shape index (κ1) is 43.9. The number of rotatable bonds is 12. The van der Waals surface area contributed by atoms with E-state index in [-0.39, 0.29) is 35.3 Å². The minimum absolute atomic E-state index is 0.0104. The second-order valence-electron chi connectivity index (χ2n) is 16.8. The SMILES string of the molecule is COC(=O)c1nc(N2CCc3cccc(C(=O)/N=c4/sc5ccccc5n4COCC[Si](C)(C)C)c3C2)sc1COc1cccc(-c2nn(C(=O)OC(C)(C)C)c(N)c2C#N)c1. The average Bonchev–Trinajstić information content (AvgIpc) is 3.93. The smallest absolute Gasteiger partial charge is 0.437 e. The van der Waals surface area contributed by atoms with Crippen LogP contribution in [0.5, 0.6) is 5.75 Å². The van der Waals surface area contributed by atoms with Gasteiger partial charge < -0.3 is 29.6 Å². The number of para-hydroxylation sites is 1. The third-order valence-electron chi connectivity index (χ3n) is 9.92. The Morgan fingerprint density at radius 2 is 1.81 bits per heavy atom. The molecule has 0 radical (unpaired) electrons. The first-order valence-corrected chi connectivity index (χ1v) is 25.3. The van der Waals surface area contributed by atoms with Crippen molar-refractivity contribution in [2.75, 3.05) is 30.9 Å². The molecule has 0 saturated heterocycles. The zero-order chi connectivity index (χ0) is 44.3. The molecule has 0 aliphatic carbocycles. The van der Waals surface area contributed by atoms with Crippen molar-refractivity contribution in [2.24, 2.45) is 4.99 Å². The number of nitrogen functional groups attached to an aromatic ring is 1. The molecular formula is C44H48N8O7S2Si. The number of nitrogens with zero attached hydrogens (tertiary/aromatic N) is 7. The summed E-state index contributed by atoms with van der Waals surface area (Å²) in [5.41, 5.74) is 9.49. The lowest BCUT2D eigenvalue weighted by molar-refractivity contribution is 0.0517. The molecule has 1 amide bonds. The first-order chi connectivity index (χ1) is 29.5. The number of thiazole rings is 2. The molecule has 62 heavy (non-hydrogen) atoms. The van der Waals surface area contributed by atoms with Crippen LogP contribution in [0.1, 0.15) is 63.2 Å². The maximum absolute atomic E-state index is 14.1. The van der Waals surface area contributed by atoms with E-state index in [0.717, 1.165) is 32.1 Å². The van der Waals surface area contributed by atoms with Crippen LogP contribution in [0.25, 0.3) is 21.5 Å². The van der Waals surface area contributed by atoms with Gasteiger partial charge in [0.05, 0.1) is 22.2 Å². The van der Waals surface area contributed by atoms with Crippen molar-refractivity contribution in [3.63, 3.8) is 0 Å². The molecular weight excluding hydrogens is 845 g/mol. The third kappa shape index (κ3) is 9.81. The lowest BCUT2D eigenvalue weighted by atomic mass is 9.95. The van der Waals surface area contributed by atoms with Crippen molar-refractivity contribution in [1.82, 2.24) is 19.3 Å². The van der Waals surface area contributed by atoms with E-state index in [1.807, 2.05) is 51.9 Å². The van der Waals surface area contributed by atoms with Crippen molar-refractivity contribution in [1.29, 1.82) is 5.26 Å². The van der Waals surface area contributed by atoms with Crippen molar-refractivity contribution >= 4 is 69.9 Å². The van der Waals surface area contributed by atoms with Gasteiger partial charge in [0.15, 0.2) is 21.4 Å². The van der Waals surface area contributed by atoms with Gasteiger partial charge in [-0.3, -0.25) is 9.36 Å². The monoisotopic (exact) mass is 892 g/mol. The summed E-state index contributed by atoms with van der Waals surface area (Å²) >= 11 is 2.75. The molecule has 4 heterocycles. The van der Waals surface area contributed by atoms with Gasteiger partial charge >= 0.3 is 12.1 Å². The Hall–Kier alpha value is -6.13. The number of benzene rings is 3. The molecule has 15 nitrogen and oxygen atoms in total. The molecule has 7 rings (SSSR count). The number of nitrogens with two attached hydrogens (primary N) is 1. The zero-order valence-electron chi connectivity index (χ0n) is 35.7. The predicted molar refractivity (Wildman–Crippen MR) is 241 cm³/mol. The van der Waals surface area contributed by atoms with Crippen molar-refractivity contribution in [3.8, 4) is 23.1 Å². The van der Waals surface area contributed by atoms with Gasteiger partial charge in [0.25, 0.3) is 5.91 Å². The fourth-order valence-electron chi connectivity index (χ4n) is 6.76. The Labute approximate surface area is 368 Å². The Bertz CT molecular complexity index is 2790. The summed E-state index contributed by atoms with van der Waals surface area (Å²) in [6.07, 6.45) is -0.166. The molecule has 3 aromatic carbocycles. The van der Waals surface area contributed by atoms with Gasteiger partial charge in [0.2, 0.25) is 0 Å². The third-order valence-corrected chi connectivity index (χ3v) is 13.8. The fraction of sp³-hybridized carbons (Fsp3) is 0.341. The number of esters is 1. The standard InChI is InChI=1S/C44H48N8O7S2Si/c1-44(2,3)59-43(55)52-38(46)31(23-45)36(49-52)28-13-10-14-29(22-28)58-25-35-37(40(54)56-4)47-41(61-35)50-19-18-27-12-11-15-30(32(27)24-50)39(53)48-42-51(26-57-20-21-62(5,6)7)33-16-8-9-17-34(33)60-42/h8-17,22H,18-21,24-26,46H2,1-7H3/b48-42+. The summed E-state index contributed by atoms with van der Waals surface area (Å²) in [5.74, 6) is -0.709. The van der Waals surface area contributed by atoms with E-state index >= 15 is 0 Å². The number of methoxy groups -OCH3 is 1. The number of ether oxygens (including phenoxy) is 4. The zero-order valence-corrected chi connectivity index (χ0v) is 38.3. The molecule has 1 aliphatic heterocycles. The summed E-state index contributed by atoms with van der Waals surface area (Å²) in [6.45, 7) is 14.0. The number of fused-ring (bicyclic) bond motifs is 2. The quantitative estimate of drug-likeness (QED) is 0.0705. The molecule has 6 aromatic rings. The Kier molecular flexibility index (Phi) is 12.8. The van der Waals surface area contributed by atoms with Gasteiger partial charge in [0, 0.05) is 38.9 Å². The van der Waals surface area contributed by atoms with Gasteiger partial charge in [-0.25, -0.2) is 14.6 Å². The molecule has 0 atom stereocenters. The summed E-state index contributed by atoms with van der Waals surface area (Å²) in [4.78, 5) is 52.5. The number of hydrogen-bond acceptors (Lipinski definition) is 14. The second-order valence-corrected chi connectivity index (χ2v) is 24.5. The maximum atomic E-state index is 14.1. The maximum Gasteiger partial charge on any atom is 0.437 e.